The van der Waals surface area contributed by atoms with Crippen molar-refractivity contribution in [1.82, 2.24) is 0 Å². The minimum Gasteiger partial charge on any atom is -0.561 e. The van der Waals surface area contributed by atoms with Crippen LogP contribution in [0.3, 0.4) is 0 Å². The van der Waals surface area contributed by atoms with Crippen molar-refractivity contribution in [2.45, 2.75) is 6.42 Å². The first-order chi connectivity index (χ1) is 3.80. The highest BCUT2D eigenvalue weighted by atomic mass is 16.4. The van der Waals surface area contributed by atoms with Crippen molar-refractivity contribution in [3.8, 4) is 0 Å². The van der Waals surface area contributed by atoms with E-state index in [-0.39, 0.29) is 0 Å². The molecule has 0 amide bonds. The lowest BCUT2D eigenvalue weighted by Crippen LogP contribution is -1.96. The van der Waals surface area contributed by atoms with Gasteiger partial charge >= 0.3 is 5.97 Å². The highest BCUT2D eigenvalue weighted by Gasteiger charge is 2.14. The smallest absolute Gasteiger partial charge is 0.545 e. The summed E-state index contributed by atoms with van der Waals surface area (Å²) >= 11 is 0. The summed E-state index contributed by atoms with van der Waals surface area (Å²) in [4.78, 5) is 10.2. The molecule has 0 aromatic rings. The Bertz CT molecular complexity index is 165. The van der Waals surface area contributed by atoms with E-state index in [1.54, 1.807) is 12.2 Å². The zero-order valence-corrected chi connectivity index (χ0v) is 4.35. The van der Waals surface area contributed by atoms with Gasteiger partial charge in [-0.05, 0) is 6.08 Å². The molecule has 0 aliphatic heterocycles. The molecule has 0 atom stereocenters. The molecule has 0 spiro atoms. The van der Waals surface area contributed by atoms with E-state index < -0.39 is 5.97 Å². The van der Waals surface area contributed by atoms with Gasteiger partial charge in [0, 0.05) is 11.2 Å². The van der Waals surface area contributed by atoms with Crippen LogP contribution in [0.15, 0.2) is 23.8 Å². The van der Waals surface area contributed by atoms with Crippen molar-refractivity contribution in [1.29, 1.82) is 0 Å². The third-order valence-corrected chi connectivity index (χ3v) is 1.06. The molecule has 0 radical (unpaired) electrons. The van der Waals surface area contributed by atoms with Crippen LogP contribution in [0.1, 0.15) is 6.42 Å². The molecule has 42 valence electrons. The lowest BCUT2D eigenvalue weighted by Gasteiger charge is -1.80. The van der Waals surface area contributed by atoms with Crippen LogP contribution in [0, 0.1) is 0 Å². The molecular formula is C6H7O2+. The average molecular weight is 111 g/mol. The Kier molecular flexibility index (Phi) is 1.16. The number of rotatable bonds is 1. The number of carbonyl (C=O) groups excluding carboxylic acids is 1. The summed E-state index contributed by atoms with van der Waals surface area (Å²) in [6, 6.07) is 0. The molecule has 0 saturated carbocycles. The van der Waals surface area contributed by atoms with E-state index in [1.807, 2.05) is 6.08 Å². The van der Waals surface area contributed by atoms with Crippen LogP contribution in [0.2, 0.25) is 0 Å². The van der Waals surface area contributed by atoms with E-state index in [2.05, 4.69) is 0 Å². The van der Waals surface area contributed by atoms with E-state index in [9.17, 15) is 4.79 Å². The minimum atomic E-state index is -0.560. The molecule has 0 fully saturated rings. The highest BCUT2D eigenvalue weighted by molar-refractivity contribution is 5.88. The van der Waals surface area contributed by atoms with Crippen molar-refractivity contribution >= 4 is 5.97 Å². The average Bonchev–Trinajstić information content (AvgIpc) is 2.12. The fourth-order valence-corrected chi connectivity index (χ4v) is 0.616. The molecule has 0 aromatic carbocycles. The molecule has 2 heteroatoms. The van der Waals surface area contributed by atoms with Gasteiger partial charge in [-0.15, -0.1) is 0 Å². The Labute approximate surface area is 47.1 Å². The normalized spacial score (nSPS) is 16.2. The maximum atomic E-state index is 10.2. The second-order valence-corrected chi connectivity index (χ2v) is 1.65. The number of hydrogen-bond acceptors (Lipinski definition) is 1. The summed E-state index contributed by atoms with van der Waals surface area (Å²) in [5.74, 6) is -0.560. The van der Waals surface area contributed by atoms with Gasteiger partial charge in [0.1, 0.15) is 5.57 Å². The first-order valence-corrected chi connectivity index (χ1v) is 2.42. The second-order valence-electron chi connectivity index (χ2n) is 1.65. The van der Waals surface area contributed by atoms with Crippen molar-refractivity contribution < 1.29 is 9.90 Å². The van der Waals surface area contributed by atoms with E-state index in [1.165, 1.54) is 0 Å². The van der Waals surface area contributed by atoms with Crippen molar-refractivity contribution in [2.24, 2.45) is 0 Å². The fraction of sp³-hybridized carbons (Fsp3) is 0.167. The standard InChI is InChI=1S/C6H6O2/c7-6(8)5-3-1-2-4-5/h1-3H,4H2,(H,7,8)/p+1. The van der Waals surface area contributed by atoms with E-state index in [4.69, 9.17) is 5.11 Å². The van der Waals surface area contributed by atoms with Gasteiger partial charge in [-0.3, -0.25) is 0 Å². The molecule has 0 bridgehead atoms. The number of hydrogen-bond donors (Lipinski definition) is 0. The summed E-state index contributed by atoms with van der Waals surface area (Å²) in [5, 5.41) is 6.63. The predicted molar refractivity (Wildman–Crippen MR) is 30.5 cm³/mol. The summed E-state index contributed by atoms with van der Waals surface area (Å²) in [6.45, 7) is 0. The van der Waals surface area contributed by atoms with Crippen molar-refractivity contribution in [2.75, 3.05) is 0 Å². The largest absolute Gasteiger partial charge is 0.561 e. The van der Waals surface area contributed by atoms with Gasteiger partial charge in [0.05, 0.1) is 0 Å². The van der Waals surface area contributed by atoms with Gasteiger partial charge in [0.25, 0.3) is 0 Å². The molecule has 0 saturated heterocycles. The van der Waals surface area contributed by atoms with Crippen LogP contribution < -0.4 is 0 Å². The van der Waals surface area contributed by atoms with Crippen LogP contribution >= 0.6 is 0 Å². The van der Waals surface area contributed by atoms with Gasteiger partial charge in [-0.2, -0.15) is 0 Å². The third kappa shape index (κ3) is 0.780. The zero-order chi connectivity index (χ0) is 5.98. The third-order valence-electron chi connectivity index (χ3n) is 1.06. The summed E-state index contributed by atoms with van der Waals surface area (Å²) in [5.41, 5.74) is 0.588. The Morgan fingerprint density at radius 2 is 2.50 bits per heavy atom. The zero-order valence-electron chi connectivity index (χ0n) is 4.35. The number of allylic oxidation sites excluding steroid dienone is 3. The fourth-order valence-electron chi connectivity index (χ4n) is 0.616. The number of carbonyl (C=O) groups is 1. The maximum Gasteiger partial charge on any atom is 0.545 e. The molecule has 1 aliphatic rings. The predicted octanol–water partition coefficient (Wildman–Crippen LogP) is 0.124. The summed E-state index contributed by atoms with van der Waals surface area (Å²) in [6.07, 6.45) is 5.97. The molecule has 0 unspecified atom stereocenters. The topological polar surface area (TPSA) is 40.0 Å². The summed E-state index contributed by atoms with van der Waals surface area (Å²) in [7, 11) is 0. The van der Waals surface area contributed by atoms with E-state index in [0.29, 0.717) is 12.0 Å². The van der Waals surface area contributed by atoms with Crippen molar-refractivity contribution in [3.05, 3.63) is 23.8 Å². The quantitative estimate of drug-likeness (QED) is 0.443. The summed E-state index contributed by atoms with van der Waals surface area (Å²) < 4.78 is 0. The van der Waals surface area contributed by atoms with Crippen LogP contribution in [0.25, 0.3) is 0 Å². The molecule has 2 N–H and O–H groups in total. The SMILES string of the molecule is O=C([OH2+])C1=CC=CC1. The molecule has 0 heterocycles. The molecule has 0 aromatic heterocycles. The Balaban J connectivity index is 2.64. The Morgan fingerprint density at radius 1 is 1.75 bits per heavy atom. The van der Waals surface area contributed by atoms with Crippen LogP contribution in [0.4, 0.5) is 0 Å². The minimum absolute atomic E-state index is 0.560. The molecule has 2 nitrogen and oxygen atoms in total. The monoisotopic (exact) mass is 111 g/mol. The van der Waals surface area contributed by atoms with E-state index >= 15 is 0 Å². The molecule has 1 rings (SSSR count). The first-order valence-electron chi connectivity index (χ1n) is 2.42. The first kappa shape index (κ1) is 5.09. The van der Waals surface area contributed by atoms with Crippen LogP contribution in [-0.4, -0.2) is 11.1 Å². The van der Waals surface area contributed by atoms with Crippen LogP contribution in [0.5, 0.6) is 0 Å². The molecule has 1 aliphatic carbocycles. The van der Waals surface area contributed by atoms with Crippen molar-refractivity contribution in [3.63, 3.8) is 0 Å². The Hall–Kier alpha value is -1.05. The maximum absolute atomic E-state index is 10.2. The lowest BCUT2D eigenvalue weighted by molar-refractivity contribution is -0.132. The molecule has 8 heavy (non-hydrogen) atoms. The second kappa shape index (κ2) is 1.82. The Morgan fingerprint density at radius 3 is 2.75 bits per heavy atom. The van der Waals surface area contributed by atoms with E-state index in [0.717, 1.165) is 0 Å². The van der Waals surface area contributed by atoms with Gasteiger partial charge in [0.2, 0.25) is 0 Å². The lowest BCUT2D eigenvalue weighted by atomic mass is 10.2. The van der Waals surface area contributed by atoms with Gasteiger partial charge in [-0.1, -0.05) is 12.2 Å². The van der Waals surface area contributed by atoms with Gasteiger partial charge in [0.15, 0.2) is 0 Å². The molecular weight excluding hydrogens is 104 g/mol. The van der Waals surface area contributed by atoms with Gasteiger partial charge < -0.3 is 5.11 Å². The van der Waals surface area contributed by atoms with Crippen LogP contribution in [-0.2, 0) is 4.79 Å². The highest BCUT2D eigenvalue weighted by Crippen LogP contribution is 2.08. The van der Waals surface area contributed by atoms with Gasteiger partial charge in [-0.25, -0.2) is 0 Å².